The van der Waals surface area contributed by atoms with Gasteiger partial charge in [-0.3, -0.25) is 0 Å². The minimum absolute atomic E-state index is 0.249. The molecule has 3 aromatic rings. The van der Waals surface area contributed by atoms with Gasteiger partial charge in [0, 0.05) is 15.8 Å². The van der Waals surface area contributed by atoms with Crippen LogP contribution in [0.25, 0.3) is 21.5 Å². The Morgan fingerprint density at radius 2 is 2.05 bits per heavy atom. The van der Waals surface area contributed by atoms with Crippen LogP contribution >= 0.6 is 22.9 Å². The summed E-state index contributed by atoms with van der Waals surface area (Å²) in [5.74, 6) is 0.619. The molecule has 1 aliphatic carbocycles. The predicted molar refractivity (Wildman–Crippen MR) is 89.0 cm³/mol. The molecule has 0 radical (unpaired) electrons. The SMILES string of the molecule is Fc1cccc(-c2nc(CCl)nc3sc4c(c23)CCCC4)c1. The molecule has 2 aromatic heterocycles. The molecule has 22 heavy (non-hydrogen) atoms. The molecule has 4 rings (SSSR count). The van der Waals surface area contributed by atoms with Crippen molar-refractivity contribution in [2.45, 2.75) is 31.6 Å². The van der Waals surface area contributed by atoms with Crippen molar-refractivity contribution in [1.29, 1.82) is 0 Å². The first-order valence-electron chi connectivity index (χ1n) is 7.39. The smallest absolute Gasteiger partial charge is 0.145 e. The van der Waals surface area contributed by atoms with Gasteiger partial charge in [0.1, 0.15) is 16.5 Å². The van der Waals surface area contributed by atoms with Crippen molar-refractivity contribution >= 4 is 33.2 Å². The first-order valence-corrected chi connectivity index (χ1v) is 8.74. The number of nitrogens with zero attached hydrogens (tertiary/aromatic N) is 2. The number of thiophene rings is 1. The van der Waals surface area contributed by atoms with Crippen LogP contribution in [0.2, 0.25) is 0 Å². The molecule has 2 nitrogen and oxygen atoms in total. The Balaban J connectivity index is 2.04. The molecule has 0 aliphatic heterocycles. The molecule has 0 amide bonds. The summed E-state index contributed by atoms with van der Waals surface area (Å²) < 4.78 is 13.6. The zero-order valence-electron chi connectivity index (χ0n) is 11.9. The Morgan fingerprint density at radius 1 is 1.18 bits per heavy atom. The van der Waals surface area contributed by atoms with Gasteiger partial charge in [-0.2, -0.15) is 0 Å². The predicted octanol–water partition coefficient (Wildman–Crippen LogP) is 5.12. The topological polar surface area (TPSA) is 25.8 Å². The van der Waals surface area contributed by atoms with Gasteiger partial charge in [0.05, 0.1) is 11.6 Å². The summed E-state index contributed by atoms with van der Waals surface area (Å²) in [7, 11) is 0. The first kappa shape index (κ1) is 14.1. The zero-order valence-corrected chi connectivity index (χ0v) is 13.5. The first-order chi connectivity index (χ1) is 10.8. The van der Waals surface area contributed by atoms with E-state index in [1.165, 1.54) is 35.4 Å². The molecule has 5 heteroatoms. The second-order valence-corrected chi connectivity index (χ2v) is 6.87. The van der Waals surface area contributed by atoms with E-state index >= 15 is 0 Å². The zero-order chi connectivity index (χ0) is 15.1. The van der Waals surface area contributed by atoms with Crippen LogP contribution in [-0.2, 0) is 18.7 Å². The molecule has 0 spiro atoms. The van der Waals surface area contributed by atoms with E-state index in [0.29, 0.717) is 5.82 Å². The molecule has 0 fully saturated rings. The van der Waals surface area contributed by atoms with Gasteiger partial charge >= 0.3 is 0 Å². The maximum Gasteiger partial charge on any atom is 0.145 e. The Morgan fingerprint density at radius 3 is 2.86 bits per heavy atom. The van der Waals surface area contributed by atoms with Gasteiger partial charge in [0.2, 0.25) is 0 Å². The van der Waals surface area contributed by atoms with Crippen LogP contribution in [0.15, 0.2) is 24.3 Å². The van der Waals surface area contributed by atoms with E-state index in [4.69, 9.17) is 11.6 Å². The number of halogens is 2. The van der Waals surface area contributed by atoms with Crippen LogP contribution in [0.5, 0.6) is 0 Å². The van der Waals surface area contributed by atoms with Crippen LogP contribution in [-0.4, -0.2) is 9.97 Å². The lowest BCUT2D eigenvalue weighted by Gasteiger charge is -2.12. The van der Waals surface area contributed by atoms with Gasteiger partial charge in [-0.15, -0.1) is 22.9 Å². The van der Waals surface area contributed by atoms with E-state index in [9.17, 15) is 4.39 Å². The van der Waals surface area contributed by atoms with Crippen molar-refractivity contribution in [3.05, 3.63) is 46.3 Å². The van der Waals surface area contributed by atoms with E-state index in [0.717, 1.165) is 34.3 Å². The third-order valence-corrected chi connectivity index (χ3v) is 5.50. The van der Waals surface area contributed by atoms with Crippen LogP contribution in [0.1, 0.15) is 29.1 Å². The van der Waals surface area contributed by atoms with Crippen molar-refractivity contribution in [2.75, 3.05) is 0 Å². The fourth-order valence-corrected chi connectivity index (χ4v) is 4.51. The largest absolute Gasteiger partial charge is 0.231 e. The summed E-state index contributed by atoms with van der Waals surface area (Å²) >= 11 is 7.69. The maximum absolute atomic E-state index is 13.6. The highest BCUT2D eigenvalue weighted by molar-refractivity contribution is 7.19. The molecule has 0 unspecified atom stereocenters. The molecule has 2 heterocycles. The molecular formula is C17H14ClFN2S. The number of rotatable bonds is 2. The molecule has 112 valence electrons. The van der Waals surface area contributed by atoms with Crippen molar-refractivity contribution in [1.82, 2.24) is 9.97 Å². The van der Waals surface area contributed by atoms with Crippen LogP contribution in [0, 0.1) is 5.82 Å². The average molecular weight is 333 g/mol. The van der Waals surface area contributed by atoms with Crippen LogP contribution < -0.4 is 0 Å². The minimum atomic E-state index is -0.249. The van der Waals surface area contributed by atoms with Crippen LogP contribution in [0.3, 0.4) is 0 Å². The third kappa shape index (κ3) is 2.31. The van der Waals surface area contributed by atoms with E-state index in [-0.39, 0.29) is 11.7 Å². The van der Waals surface area contributed by atoms with Crippen molar-refractivity contribution in [3.8, 4) is 11.3 Å². The quantitative estimate of drug-likeness (QED) is 0.609. The van der Waals surface area contributed by atoms with Crippen molar-refractivity contribution in [2.24, 2.45) is 0 Å². The highest BCUT2D eigenvalue weighted by atomic mass is 35.5. The van der Waals surface area contributed by atoms with E-state index in [2.05, 4.69) is 9.97 Å². The fourth-order valence-electron chi connectivity index (χ4n) is 3.11. The molecule has 0 bridgehead atoms. The number of hydrogen-bond acceptors (Lipinski definition) is 3. The Bertz CT molecular complexity index is 859. The second kappa shape index (κ2) is 5.60. The van der Waals surface area contributed by atoms with Crippen molar-refractivity contribution in [3.63, 3.8) is 0 Å². The Labute approximate surface area is 137 Å². The van der Waals surface area contributed by atoms with Gasteiger partial charge in [-0.25, -0.2) is 14.4 Å². The lowest BCUT2D eigenvalue weighted by atomic mass is 9.95. The molecule has 0 N–H and O–H groups in total. The van der Waals surface area contributed by atoms with Crippen molar-refractivity contribution < 1.29 is 4.39 Å². The lowest BCUT2D eigenvalue weighted by molar-refractivity contribution is 0.628. The normalized spacial score (nSPS) is 14.3. The van der Waals surface area contributed by atoms with Gasteiger partial charge in [-0.1, -0.05) is 12.1 Å². The number of aromatic nitrogens is 2. The summed E-state index contributed by atoms with van der Waals surface area (Å²) in [6, 6.07) is 6.60. The highest BCUT2D eigenvalue weighted by Crippen LogP contribution is 2.40. The van der Waals surface area contributed by atoms with Crippen LogP contribution in [0.4, 0.5) is 4.39 Å². The number of aryl methyl sites for hydroxylation is 2. The summed E-state index contributed by atoms with van der Waals surface area (Å²) in [4.78, 5) is 11.6. The molecule has 0 saturated heterocycles. The van der Waals surface area contributed by atoms with Gasteiger partial charge < -0.3 is 0 Å². The Kier molecular flexibility index (Phi) is 3.59. The molecule has 1 aromatic carbocycles. The Hall–Kier alpha value is -1.52. The molecule has 1 aliphatic rings. The fraction of sp³-hybridized carbons (Fsp3) is 0.294. The minimum Gasteiger partial charge on any atom is -0.231 e. The number of fused-ring (bicyclic) bond motifs is 3. The number of benzene rings is 1. The summed E-state index contributed by atoms with van der Waals surface area (Å²) in [6.45, 7) is 0. The molecule has 0 saturated carbocycles. The lowest BCUT2D eigenvalue weighted by Crippen LogP contribution is -2.00. The highest BCUT2D eigenvalue weighted by Gasteiger charge is 2.21. The standard InChI is InChI=1S/C17H14ClFN2S/c18-9-14-20-16(10-4-3-5-11(19)8-10)15-12-6-1-2-7-13(12)22-17(15)21-14/h3-5,8H,1-2,6-7,9H2. The molecular weight excluding hydrogens is 319 g/mol. The maximum atomic E-state index is 13.6. The second-order valence-electron chi connectivity index (χ2n) is 5.52. The summed E-state index contributed by atoms with van der Waals surface area (Å²) in [5, 5.41) is 1.10. The van der Waals surface area contributed by atoms with E-state index in [1.807, 2.05) is 6.07 Å². The third-order valence-electron chi connectivity index (χ3n) is 4.08. The summed E-state index contributed by atoms with van der Waals surface area (Å²) in [5.41, 5.74) is 2.97. The average Bonchev–Trinajstić information content (AvgIpc) is 2.92. The molecule has 0 atom stereocenters. The number of hydrogen-bond donors (Lipinski definition) is 0. The monoisotopic (exact) mass is 332 g/mol. The van der Waals surface area contributed by atoms with Gasteiger partial charge in [0.15, 0.2) is 0 Å². The summed E-state index contributed by atoms with van der Waals surface area (Å²) in [6.07, 6.45) is 4.58. The van der Waals surface area contributed by atoms with E-state index in [1.54, 1.807) is 17.4 Å². The number of alkyl halides is 1. The van der Waals surface area contributed by atoms with Gasteiger partial charge in [-0.05, 0) is 43.4 Å². The van der Waals surface area contributed by atoms with Gasteiger partial charge in [0.25, 0.3) is 0 Å². The van der Waals surface area contributed by atoms with E-state index < -0.39 is 0 Å².